The fourth-order valence-corrected chi connectivity index (χ4v) is 2.41. The highest BCUT2D eigenvalue weighted by molar-refractivity contribution is 5.90. The topological polar surface area (TPSA) is 0 Å². The molecule has 3 aromatic rings. The maximum Gasteiger partial charge on any atom is -0.0111 e. The van der Waals surface area contributed by atoms with Crippen LogP contribution in [0.1, 0.15) is 11.1 Å². The number of fused-ring (bicyclic) bond motifs is 1. The summed E-state index contributed by atoms with van der Waals surface area (Å²) in [4.78, 5) is 0. The van der Waals surface area contributed by atoms with Crippen molar-refractivity contribution in [2.24, 2.45) is 0 Å². The van der Waals surface area contributed by atoms with E-state index in [9.17, 15) is 0 Å². The Morgan fingerprint density at radius 1 is 0.500 bits per heavy atom. The van der Waals surface area contributed by atoms with Crippen LogP contribution < -0.4 is 0 Å². The van der Waals surface area contributed by atoms with Gasteiger partial charge in [0.2, 0.25) is 0 Å². The molecular formula is C22H18. The van der Waals surface area contributed by atoms with Crippen LogP contribution in [0.5, 0.6) is 0 Å². The lowest BCUT2D eigenvalue weighted by molar-refractivity contribution is 1.66. The molecule has 3 rings (SSSR count). The van der Waals surface area contributed by atoms with Gasteiger partial charge in [-0.25, -0.2) is 0 Å². The number of hydrogen-bond acceptors (Lipinski definition) is 0. The van der Waals surface area contributed by atoms with Gasteiger partial charge in [0.05, 0.1) is 0 Å². The van der Waals surface area contributed by atoms with Gasteiger partial charge in [0, 0.05) is 0 Å². The maximum absolute atomic E-state index is 2.16. The molecule has 0 heteroatoms. The Morgan fingerprint density at radius 2 is 1.18 bits per heavy atom. The molecular weight excluding hydrogens is 264 g/mol. The minimum Gasteiger partial charge on any atom is -0.0622 e. The van der Waals surface area contributed by atoms with Crippen LogP contribution in [0, 0.1) is 0 Å². The van der Waals surface area contributed by atoms with Gasteiger partial charge in [-0.05, 0) is 21.9 Å². The lowest BCUT2D eigenvalue weighted by atomic mass is 10.0. The van der Waals surface area contributed by atoms with Gasteiger partial charge in [-0.1, -0.05) is 109 Å². The Bertz CT molecular complexity index is 816. The van der Waals surface area contributed by atoms with E-state index in [1.54, 1.807) is 0 Å². The van der Waals surface area contributed by atoms with Gasteiger partial charge >= 0.3 is 0 Å². The second kappa shape index (κ2) is 7.24. The lowest BCUT2D eigenvalue weighted by Crippen LogP contribution is -1.76. The average Bonchev–Trinajstić information content (AvgIpc) is 2.59. The summed E-state index contributed by atoms with van der Waals surface area (Å²) in [7, 11) is 0. The zero-order chi connectivity index (χ0) is 15.0. The van der Waals surface area contributed by atoms with Gasteiger partial charge in [0.25, 0.3) is 0 Å². The maximum atomic E-state index is 2.16. The normalized spacial score (nSPS) is 12.0. The van der Waals surface area contributed by atoms with Crippen LogP contribution in [0.25, 0.3) is 22.9 Å². The molecule has 0 unspecified atom stereocenters. The Hall–Kier alpha value is -2.86. The molecule has 0 radical (unpaired) electrons. The van der Waals surface area contributed by atoms with E-state index in [0.717, 1.165) is 0 Å². The monoisotopic (exact) mass is 282 g/mol. The summed E-state index contributed by atoms with van der Waals surface area (Å²) >= 11 is 0. The van der Waals surface area contributed by atoms with Crippen LogP contribution >= 0.6 is 0 Å². The quantitative estimate of drug-likeness (QED) is 0.505. The third-order valence-electron chi connectivity index (χ3n) is 3.52. The molecule has 0 fully saturated rings. The second-order valence-corrected chi connectivity index (χ2v) is 5.08. The summed E-state index contributed by atoms with van der Waals surface area (Å²) in [5.41, 5.74) is 2.46. The predicted molar refractivity (Wildman–Crippen MR) is 97.6 cm³/mol. The minimum absolute atomic E-state index is 1.21. The largest absolute Gasteiger partial charge is 0.0622 e. The predicted octanol–water partition coefficient (Wildman–Crippen LogP) is 6.12. The van der Waals surface area contributed by atoms with E-state index in [0.29, 0.717) is 0 Å². The molecule has 0 amide bonds. The van der Waals surface area contributed by atoms with Crippen LogP contribution in [0.15, 0.2) is 97.1 Å². The number of hydrogen-bond donors (Lipinski definition) is 0. The Balaban J connectivity index is 1.69. The van der Waals surface area contributed by atoms with Crippen LogP contribution in [-0.2, 0) is 0 Å². The fraction of sp³-hybridized carbons (Fsp3) is 0. The van der Waals surface area contributed by atoms with E-state index in [1.807, 2.05) is 18.2 Å². The first-order chi connectivity index (χ1) is 10.9. The van der Waals surface area contributed by atoms with E-state index in [4.69, 9.17) is 0 Å². The molecule has 106 valence electrons. The van der Waals surface area contributed by atoms with Crippen molar-refractivity contribution in [3.05, 3.63) is 108 Å². The van der Waals surface area contributed by atoms with Crippen molar-refractivity contribution in [2.45, 2.75) is 0 Å². The van der Waals surface area contributed by atoms with E-state index in [1.165, 1.54) is 21.9 Å². The molecule has 0 atom stereocenters. The second-order valence-electron chi connectivity index (χ2n) is 5.08. The van der Waals surface area contributed by atoms with Gasteiger partial charge in [-0.15, -0.1) is 0 Å². The van der Waals surface area contributed by atoms with Crippen molar-refractivity contribution in [1.82, 2.24) is 0 Å². The van der Waals surface area contributed by atoms with E-state index < -0.39 is 0 Å². The lowest BCUT2D eigenvalue weighted by Gasteiger charge is -2.00. The highest BCUT2D eigenvalue weighted by Crippen LogP contribution is 2.19. The molecule has 0 N–H and O–H groups in total. The SMILES string of the molecule is C(=C/c1ccccc1)/C=C/C=C/c1cccc2ccccc12. The highest BCUT2D eigenvalue weighted by Gasteiger charge is 1.94. The molecule has 0 heterocycles. The van der Waals surface area contributed by atoms with Gasteiger partial charge in [-0.2, -0.15) is 0 Å². The van der Waals surface area contributed by atoms with Crippen LogP contribution in [0.4, 0.5) is 0 Å². The highest BCUT2D eigenvalue weighted by atomic mass is 14.0. The van der Waals surface area contributed by atoms with Gasteiger partial charge in [0.1, 0.15) is 0 Å². The minimum atomic E-state index is 1.21. The zero-order valence-electron chi connectivity index (χ0n) is 12.4. The smallest absolute Gasteiger partial charge is 0.0111 e. The zero-order valence-corrected chi connectivity index (χ0v) is 12.4. The van der Waals surface area contributed by atoms with Crippen molar-refractivity contribution < 1.29 is 0 Å². The molecule has 0 nitrogen and oxygen atoms in total. The molecule has 22 heavy (non-hydrogen) atoms. The van der Waals surface area contributed by atoms with Crippen molar-refractivity contribution in [1.29, 1.82) is 0 Å². The standard InChI is InChI=1S/C22H18/c1(4-11-19-12-5-3-6-13-19)2-7-14-20-16-10-17-21-15-8-9-18-22(20)21/h1-18H/b2-1+,11-4-,14-7+. The summed E-state index contributed by atoms with van der Waals surface area (Å²) in [5, 5.41) is 2.56. The number of rotatable bonds is 4. The molecule has 0 aromatic heterocycles. The van der Waals surface area contributed by atoms with Crippen molar-refractivity contribution in [2.75, 3.05) is 0 Å². The average molecular weight is 282 g/mol. The van der Waals surface area contributed by atoms with E-state index >= 15 is 0 Å². The molecule has 0 bridgehead atoms. The van der Waals surface area contributed by atoms with Gasteiger partial charge < -0.3 is 0 Å². The number of benzene rings is 3. The Labute approximate surface area is 131 Å². The van der Waals surface area contributed by atoms with Crippen molar-refractivity contribution in [3.8, 4) is 0 Å². The van der Waals surface area contributed by atoms with Crippen LogP contribution in [-0.4, -0.2) is 0 Å². The summed E-state index contributed by atoms with van der Waals surface area (Å²) < 4.78 is 0. The molecule has 0 spiro atoms. The first kappa shape index (κ1) is 14.1. The molecule has 0 aliphatic heterocycles. The summed E-state index contributed by atoms with van der Waals surface area (Å²) in [6.45, 7) is 0. The first-order valence-electron chi connectivity index (χ1n) is 7.48. The summed E-state index contributed by atoms with van der Waals surface area (Å²) in [5.74, 6) is 0. The third kappa shape index (κ3) is 3.62. The van der Waals surface area contributed by atoms with Crippen LogP contribution in [0.3, 0.4) is 0 Å². The molecule has 3 aromatic carbocycles. The fourth-order valence-electron chi connectivity index (χ4n) is 2.41. The van der Waals surface area contributed by atoms with E-state index in [2.05, 4.69) is 91.1 Å². The molecule has 0 saturated heterocycles. The first-order valence-corrected chi connectivity index (χ1v) is 7.48. The third-order valence-corrected chi connectivity index (χ3v) is 3.52. The van der Waals surface area contributed by atoms with E-state index in [-0.39, 0.29) is 0 Å². The van der Waals surface area contributed by atoms with Crippen molar-refractivity contribution >= 4 is 22.9 Å². The van der Waals surface area contributed by atoms with Crippen molar-refractivity contribution in [3.63, 3.8) is 0 Å². The Kier molecular flexibility index (Phi) is 4.63. The molecule has 0 saturated carbocycles. The summed E-state index contributed by atoms with van der Waals surface area (Å²) in [6.07, 6.45) is 12.5. The van der Waals surface area contributed by atoms with Gasteiger partial charge in [0.15, 0.2) is 0 Å². The van der Waals surface area contributed by atoms with Gasteiger partial charge in [-0.3, -0.25) is 0 Å². The Morgan fingerprint density at radius 3 is 2.05 bits per heavy atom. The summed E-state index contributed by atoms with van der Waals surface area (Å²) in [6, 6.07) is 25.2. The van der Waals surface area contributed by atoms with Crippen LogP contribution in [0.2, 0.25) is 0 Å². The molecule has 0 aliphatic rings. The molecule has 0 aliphatic carbocycles. The number of allylic oxidation sites excluding steroid dienone is 4.